The van der Waals surface area contributed by atoms with Crippen molar-refractivity contribution in [2.45, 2.75) is 13.8 Å². The van der Waals surface area contributed by atoms with Crippen molar-refractivity contribution in [2.24, 2.45) is 0 Å². The molecule has 0 atom stereocenters. The number of hydrogen-bond acceptors (Lipinski definition) is 4. The van der Waals surface area contributed by atoms with Gasteiger partial charge in [-0.2, -0.15) is 5.26 Å². The normalized spacial score (nSPS) is 9.81. The Morgan fingerprint density at radius 2 is 2.31 bits per heavy atom. The Labute approximate surface area is 96.5 Å². The molecule has 0 aliphatic rings. The fourth-order valence-corrected chi connectivity index (χ4v) is 1.47. The first-order valence-corrected chi connectivity index (χ1v) is 5.50. The maximum Gasteiger partial charge on any atom is 0.142 e. The van der Waals surface area contributed by atoms with Crippen LogP contribution in [-0.2, 0) is 4.74 Å². The largest absolute Gasteiger partial charge is 0.380 e. The summed E-state index contributed by atoms with van der Waals surface area (Å²) in [6, 6.07) is 5.76. The lowest BCUT2D eigenvalue weighted by Crippen LogP contribution is -2.27. The van der Waals surface area contributed by atoms with Crippen LogP contribution in [0.15, 0.2) is 18.3 Å². The number of nitrogens with zero attached hydrogens (tertiary/aromatic N) is 3. The molecule has 0 N–H and O–H groups in total. The third-order valence-corrected chi connectivity index (χ3v) is 2.31. The van der Waals surface area contributed by atoms with Gasteiger partial charge in [0.15, 0.2) is 0 Å². The predicted octanol–water partition coefficient (Wildman–Crippen LogP) is 1.82. The molecule has 4 heteroatoms. The van der Waals surface area contributed by atoms with Crippen molar-refractivity contribution >= 4 is 5.69 Å². The number of hydrogen-bond donors (Lipinski definition) is 0. The summed E-state index contributed by atoms with van der Waals surface area (Å²) in [6.45, 7) is 7.22. The second-order valence-corrected chi connectivity index (χ2v) is 3.29. The average Bonchev–Trinajstić information content (AvgIpc) is 2.35. The highest BCUT2D eigenvalue weighted by Gasteiger charge is 2.04. The van der Waals surface area contributed by atoms with Crippen LogP contribution < -0.4 is 4.90 Å². The minimum absolute atomic E-state index is 0.451. The molecule has 0 unspecified atom stereocenters. The number of aromatic nitrogens is 1. The molecule has 0 fully saturated rings. The van der Waals surface area contributed by atoms with Gasteiger partial charge in [0.05, 0.1) is 6.61 Å². The molecule has 0 aromatic carbocycles. The number of nitriles is 1. The van der Waals surface area contributed by atoms with Crippen molar-refractivity contribution in [3.05, 3.63) is 24.0 Å². The zero-order valence-electron chi connectivity index (χ0n) is 9.81. The third-order valence-electron chi connectivity index (χ3n) is 2.31. The number of anilines is 1. The summed E-state index contributed by atoms with van der Waals surface area (Å²) < 4.78 is 5.32. The summed E-state index contributed by atoms with van der Waals surface area (Å²) in [6.07, 6.45) is 1.66. The van der Waals surface area contributed by atoms with E-state index in [9.17, 15) is 0 Å². The topological polar surface area (TPSA) is 49.1 Å². The van der Waals surface area contributed by atoms with E-state index in [1.165, 1.54) is 0 Å². The lowest BCUT2D eigenvalue weighted by molar-refractivity contribution is 0.154. The number of likely N-dealkylation sites (N-methyl/N-ethyl adjacent to an activating group) is 1. The molecule has 1 aromatic heterocycles. The van der Waals surface area contributed by atoms with E-state index in [1.807, 2.05) is 19.1 Å². The lowest BCUT2D eigenvalue weighted by atomic mass is 10.3. The number of rotatable bonds is 6. The number of pyridine rings is 1. The highest BCUT2D eigenvalue weighted by molar-refractivity contribution is 5.48. The minimum Gasteiger partial charge on any atom is -0.380 e. The van der Waals surface area contributed by atoms with Gasteiger partial charge in [0.1, 0.15) is 11.8 Å². The van der Waals surface area contributed by atoms with Crippen LogP contribution in [0.4, 0.5) is 5.69 Å². The van der Waals surface area contributed by atoms with Crippen LogP contribution in [-0.4, -0.2) is 31.3 Å². The molecule has 0 saturated carbocycles. The SMILES string of the molecule is CCOCCN(CC)c1ccnc(C#N)c1. The van der Waals surface area contributed by atoms with E-state index < -0.39 is 0 Å². The summed E-state index contributed by atoms with van der Waals surface area (Å²) >= 11 is 0. The maximum absolute atomic E-state index is 8.77. The molecule has 1 aromatic rings. The van der Waals surface area contributed by atoms with Crippen LogP contribution in [0.2, 0.25) is 0 Å². The van der Waals surface area contributed by atoms with Crippen LogP contribution in [0.3, 0.4) is 0 Å². The Hall–Kier alpha value is -1.60. The van der Waals surface area contributed by atoms with Gasteiger partial charge < -0.3 is 9.64 Å². The summed E-state index contributed by atoms with van der Waals surface area (Å²) in [5.41, 5.74) is 1.47. The monoisotopic (exact) mass is 219 g/mol. The Bertz CT molecular complexity index is 360. The summed E-state index contributed by atoms with van der Waals surface area (Å²) in [4.78, 5) is 6.12. The van der Waals surface area contributed by atoms with Crippen LogP contribution in [0.1, 0.15) is 19.5 Å². The standard InChI is InChI=1S/C12H17N3O/c1-3-15(7-8-16-4-2)12-5-6-14-11(9-12)10-13/h5-6,9H,3-4,7-8H2,1-2H3. The maximum atomic E-state index is 8.77. The summed E-state index contributed by atoms with van der Waals surface area (Å²) in [5, 5.41) is 8.77. The highest BCUT2D eigenvalue weighted by atomic mass is 16.5. The van der Waals surface area contributed by atoms with Gasteiger partial charge in [-0.3, -0.25) is 0 Å². The Morgan fingerprint density at radius 3 is 2.94 bits per heavy atom. The summed E-state index contributed by atoms with van der Waals surface area (Å²) in [5.74, 6) is 0. The Kier molecular flexibility index (Phi) is 5.30. The van der Waals surface area contributed by atoms with E-state index in [1.54, 1.807) is 12.3 Å². The fourth-order valence-electron chi connectivity index (χ4n) is 1.47. The third kappa shape index (κ3) is 3.52. The van der Waals surface area contributed by atoms with E-state index >= 15 is 0 Å². The van der Waals surface area contributed by atoms with Crippen LogP contribution in [0.25, 0.3) is 0 Å². The van der Waals surface area contributed by atoms with Gasteiger partial charge in [0.2, 0.25) is 0 Å². The second kappa shape index (κ2) is 6.81. The van der Waals surface area contributed by atoms with Gasteiger partial charge >= 0.3 is 0 Å². The molecule has 1 rings (SSSR count). The van der Waals surface area contributed by atoms with Crippen molar-refractivity contribution in [1.82, 2.24) is 4.98 Å². The van der Waals surface area contributed by atoms with E-state index in [-0.39, 0.29) is 0 Å². The van der Waals surface area contributed by atoms with Crippen molar-refractivity contribution < 1.29 is 4.74 Å². The molecular weight excluding hydrogens is 202 g/mol. The molecule has 0 aliphatic heterocycles. The molecule has 0 saturated heterocycles. The molecule has 0 amide bonds. The Morgan fingerprint density at radius 1 is 1.50 bits per heavy atom. The molecule has 4 nitrogen and oxygen atoms in total. The molecule has 0 aliphatic carbocycles. The first-order valence-electron chi connectivity index (χ1n) is 5.50. The molecule has 0 bridgehead atoms. The molecule has 0 radical (unpaired) electrons. The van der Waals surface area contributed by atoms with Gasteiger partial charge in [0.25, 0.3) is 0 Å². The minimum atomic E-state index is 0.451. The predicted molar refractivity (Wildman–Crippen MR) is 63.3 cm³/mol. The first kappa shape index (κ1) is 12.5. The number of ether oxygens (including phenoxy) is 1. The van der Waals surface area contributed by atoms with E-state index in [4.69, 9.17) is 10.00 Å². The zero-order chi connectivity index (χ0) is 11.8. The second-order valence-electron chi connectivity index (χ2n) is 3.29. The van der Waals surface area contributed by atoms with Crippen LogP contribution in [0.5, 0.6) is 0 Å². The van der Waals surface area contributed by atoms with E-state index in [2.05, 4.69) is 16.8 Å². The van der Waals surface area contributed by atoms with Gasteiger partial charge in [0, 0.05) is 31.6 Å². The molecular formula is C12H17N3O. The van der Waals surface area contributed by atoms with Gasteiger partial charge in [-0.1, -0.05) is 0 Å². The van der Waals surface area contributed by atoms with Crippen LogP contribution in [0, 0.1) is 11.3 Å². The molecule has 86 valence electrons. The molecule has 16 heavy (non-hydrogen) atoms. The van der Waals surface area contributed by atoms with E-state index in [0.717, 1.165) is 25.4 Å². The lowest BCUT2D eigenvalue weighted by Gasteiger charge is -2.22. The van der Waals surface area contributed by atoms with Crippen molar-refractivity contribution in [3.8, 4) is 6.07 Å². The molecule has 0 spiro atoms. The van der Waals surface area contributed by atoms with Crippen molar-refractivity contribution in [1.29, 1.82) is 5.26 Å². The quantitative estimate of drug-likeness (QED) is 0.685. The highest BCUT2D eigenvalue weighted by Crippen LogP contribution is 2.13. The van der Waals surface area contributed by atoms with Crippen molar-refractivity contribution in [3.63, 3.8) is 0 Å². The Balaban J connectivity index is 2.67. The van der Waals surface area contributed by atoms with Gasteiger partial charge in [-0.15, -0.1) is 0 Å². The van der Waals surface area contributed by atoms with Crippen LogP contribution >= 0.6 is 0 Å². The fraction of sp³-hybridized carbons (Fsp3) is 0.500. The van der Waals surface area contributed by atoms with Crippen molar-refractivity contribution in [2.75, 3.05) is 31.2 Å². The summed E-state index contributed by atoms with van der Waals surface area (Å²) in [7, 11) is 0. The van der Waals surface area contributed by atoms with Gasteiger partial charge in [-0.25, -0.2) is 4.98 Å². The average molecular weight is 219 g/mol. The zero-order valence-corrected chi connectivity index (χ0v) is 9.81. The van der Waals surface area contributed by atoms with Gasteiger partial charge in [-0.05, 0) is 26.0 Å². The smallest absolute Gasteiger partial charge is 0.142 e. The first-order chi connectivity index (χ1) is 7.81. The van der Waals surface area contributed by atoms with E-state index in [0.29, 0.717) is 12.3 Å². The molecule has 1 heterocycles.